The summed E-state index contributed by atoms with van der Waals surface area (Å²) in [6.07, 6.45) is 0.0117. The Balaban J connectivity index is 1.54. The molecule has 3 aromatic carbocycles. The van der Waals surface area contributed by atoms with Gasteiger partial charge in [-0.25, -0.2) is 0 Å². The number of hydrogen-bond donors (Lipinski definition) is 7. The number of pyridine rings is 1. The van der Waals surface area contributed by atoms with Crippen LogP contribution in [-0.4, -0.2) is 111 Å². The molecule has 18 heteroatoms. The summed E-state index contributed by atoms with van der Waals surface area (Å²) in [4.78, 5) is 76.6. The molecule has 0 radical (unpaired) electrons. The zero-order valence-electron chi connectivity index (χ0n) is 39.9. The highest BCUT2D eigenvalue weighted by atomic mass is 16.5. The number of benzene rings is 3. The molecule has 0 aliphatic carbocycles. The average molecular weight is 933 g/mol. The Morgan fingerprint density at radius 1 is 0.882 bits per heavy atom. The minimum absolute atomic E-state index is 0.00152. The van der Waals surface area contributed by atoms with Crippen LogP contribution < -0.4 is 52.7 Å². The number of ether oxygens (including phenoxy) is 3. The van der Waals surface area contributed by atoms with Gasteiger partial charge in [0, 0.05) is 43.2 Å². The van der Waals surface area contributed by atoms with Gasteiger partial charge < -0.3 is 57.6 Å². The van der Waals surface area contributed by atoms with Crippen molar-refractivity contribution in [2.75, 3.05) is 53.0 Å². The summed E-state index contributed by atoms with van der Waals surface area (Å²) in [5.41, 5.74) is 22.4. The lowest BCUT2D eigenvalue weighted by Crippen LogP contribution is -2.56. The largest absolute Gasteiger partial charge is 0.493 e. The molecule has 1 aromatic heterocycles. The molecule has 5 rings (SSSR count). The highest BCUT2D eigenvalue weighted by molar-refractivity contribution is 6.01. The van der Waals surface area contributed by atoms with Crippen LogP contribution in [0.15, 0.2) is 66.7 Å². The van der Waals surface area contributed by atoms with Crippen molar-refractivity contribution >= 4 is 29.5 Å². The summed E-state index contributed by atoms with van der Waals surface area (Å²) in [5, 5.41) is 20.0. The van der Waals surface area contributed by atoms with Crippen molar-refractivity contribution < 1.29 is 38.2 Å². The molecule has 4 aromatic rings. The number of carbonyl (C=O) groups excluding carboxylic acids is 5. The summed E-state index contributed by atoms with van der Waals surface area (Å²) in [6, 6.07) is 16.4. The first-order valence-corrected chi connectivity index (χ1v) is 22.6. The fraction of sp³-hybridized carbons (Fsp3) is 0.420. The number of rotatable bonds is 17. The predicted octanol–water partition coefficient (Wildman–Crippen LogP) is 2.96. The van der Waals surface area contributed by atoms with Crippen LogP contribution in [0.5, 0.6) is 17.2 Å². The van der Waals surface area contributed by atoms with E-state index in [4.69, 9.17) is 36.4 Å². The van der Waals surface area contributed by atoms with Crippen molar-refractivity contribution in [3.8, 4) is 45.7 Å². The highest BCUT2D eigenvalue weighted by Gasteiger charge is 2.36. The number of hydrogen-bond acceptors (Lipinski definition) is 13. The normalized spacial score (nSPS) is 16.5. The van der Waals surface area contributed by atoms with E-state index in [2.05, 4.69) is 42.0 Å². The SMILES string of the molecule is Cc1cc(-c2ccc(OCC(C)(C)C)cc2)nc(C)c1C(=O)NC(CCN)C(=O)N(C)[C@@H]1C(=O)N[C@@H](C)C(=O)N[C@H](C(=O)NCC#N)Cc2ccc(OCCN)c(c2)-c2cc1ccc2OCCN. The Labute approximate surface area is 397 Å². The maximum atomic E-state index is 14.8. The van der Waals surface area contributed by atoms with E-state index in [-0.39, 0.29) is 63.2 Å². The Bertz CT molecular complexity index is 2480. The van der Waals surface area contributed by atoms with Crippen LogP contribution in [0, 0.1) is 30.6 Å². The van der Waals surface area contributed by atoms with E-state index in [1.54, 1.807) is 56.3 Å². The molecule has 2 heterocycles. The lowest BCUT2D eigenvalue weighted by Gasteiger charge is -2.32. The van der Waals surface area contributed by atoms with Crippen molar-refractivity contribution in [2.24, 2.45) is 22.6 Å². The number of aryl methyl sites for hydroxylation is 2. The van der Waals surface area contributed by atoms with Crippen molar-refractivity contribution in [1.29, 1.82) is 5.26 Å². The molecule has 18 nitrogen and oxygen atoms in total. The number of nitrogens with zero attached hydrogens (tertiary/aromatic N) is 3. The standard InChI is InChI=1S/C50H64N10O8/c1-29-24-39(33-9-12-35(13-10-33)68-28-50(4,5)6)56-30(2)43(29)47(63)58-38(16-17-51)49(65)60(7)44-34-11-15-42(67-23-20-54)37(27-34)36-25-32(8-14-41(36)66-22-19-53)26-40(46(62)55-21-18-52)59-45(61)31(3)57-48(44)64/h8-15,24-25,27,31,38,40,44H,16-17,19-23,26,28,51,53-54H2,1-7H3,(H,55,62)(H,57,64)(H,58,63)(H,59,61)/t31-,38?,40-,44-/m0/s1. The first-order valence-electron chi connectivity index (χ1n) is 22.6. The van der Waals surface area contributed by atoms with Gasteiger partial charge in [0.1, 0.15) is 61.2 Å². The van der Waals surface area contributed by atoms with E-state index < -0.39 is 53.7 Å². The summed E-state index contributed by atoms with van der Waals surface area (Å²) < 4.78 is 18.1. The Morgan fingerprint density at radius 2 is 1.53 bits per heavy atom. The molecule has 10 N–H and O–H groups in total. The molecular weight excluding hydrogens is 869 g/mol. The third kappa shape index (κ3) is 13.3. The van der Waals surface area contributed by atoms with Crippen LogP contribution in [0.3, 0.4) is 0 Å². The molecule has 1 aliphatic rings. The van der Waals surface area contributed by atoms with Gasteiger partial charge >= 0.3 is 0 Å². The lowest BCUT2D eigenvalue weighted by atomic mass is 9.93. The zero-order chi connectivity index (χ0) is 49.7. The van der Waals surface area contributed by atoms with Crippen LogP contribution in [0.1, 0.15) is 72.9 Å². The van der Waals surface area contributed by atoms with E-state index in [0.717, 1.165) is 11.3 Å². The molecule has 0 fully saturated rings. The second-order valence-corrected chi connectivity index (χ2v) is 17.8. The van der Waals surface area contributed by atoms with Crippen LogP contribution in [-0.2, 0) is 25.6 Å². The van der Waals surface area contributed by atoms with Gasteiger partial charge in [0.2, 0.25) is 23.6 Å². The summed E-state index contributed by atoms with van der Waals surface area (Å²) in [6.45, 7) is 12.2. The average Bonchev–Trinajstić information content (AvgIpc) is 3.30. The van der Waals surface area contributed by atoms with E-state index in [0.29, 0.717) is 57.3 Å². The smallest absolute Gasteiger partial charge is 0.254 e. The fourth-order valence-corrected chi connectivity index (χ4v) is 7.70. The second kappa shape index (κ2) is 23.6. The number of nitrogens with one attached hydrogen (secondary N) is 4. The first kappa shape index (κ1) is 51.9. The van der Waals surface area contributed by atoms with Crippen LogP contribution >= 0.6 is 0 Å². The van der Waals surface area contributed by atoms with Crippen molar-refractivity contribution in [3.63, 3.8) is 0 Å². The van der Waals surface area contributed by atoms with Crippen LogP contribution in [0.2, 0.25) is 0 Å². The van der Waals surface area contributed by atoms with Crippen molar-refractivity contribution in [2.45, 2.75) is 78.6 Å². The van der Waals surface area contributed by atoms with Gasteiger partial charge in [-0.15, -0.1) is 0 Å². The number of nitrogens with two attached hydrogens (primary N) is 3. The molecule has 5 amide bonds. The molecule has 1 aliphatic heterocycles. The maximum absolute atomic E-state index is 14.8. The lowest BCUT2D eigenvalue weighted by molar-refractivity contribution is -0.141. The van der Waals surface area contributed by atoms with Gasteiger partial charge in [0.15, 0.2) is 0 Å². The first-order chi connectivity index (χ1) is 32.4. The molecular formula is C50H64N10O8. The number of aromatic nitrogens is 1. The predicted molar refractivity (Wildman–Crippen MR) is 257 cm³/mol. The maximum Gasteiger partial charge on any atom is 0.254 e. The second-order valence-electron chi connectivity index (χ2n) is 17.8. The Morgan fingerprint density at radius 3 is 2.13 bits per heavy atom. The number of carbonyl (C=O) groups is 5. The Kier molecular flexibility index (Phi) is 18.0. The van der Waals surface area contributed by atoms with Crippen LogP contribution in [0.25, 0.3) is 22.4 Å². The van der Waals surface area contributed by atoms with E-state index in [1.807, 2.05) is 30.3 Å². The molecule has 1 unspecified atom stereocenters. The third-order valence-corrected chi connectivity index (χ3v) is 11.1. The summed E-state index contributed by atoms with van der Waals surface area (Å²) in [5.74, 6) is -1.78. The quantitative estimate of drug-likeness (QED) is 0.0752. The zero-order valence-corrected chi connectivity index (χ0v) is 39.9. The molecule has 0 saturated carbocycles. The molecule has 4 bridgehead atoms. The number of nitriles is 1. The van der Waals surface area contributed by atoms with Gasteiger partial charge in [-0.3, -0.25) is 29.0 Å². The Hall–Kier alpha value is -7.07. The van der Waals surface area contributed by atoms with E-state index in [9.17, 15) is 29.2 Å². The van der Waals surface area contributed by atoms with Crippen molar-refractivity contribution in [1.82, 2.24) is 31.2 Å². The van der Waals surface area contributed by atoms with Gasteiger partial charge in [-0.05, 0) is 110 Å². The number of likely N-dealkylation sites (N-methyl/N-ethyl adjacent to an activating group) is 1. The van der Waals surface area contributed by atoms with Gasteiger partial charge in [-0.1, -0.05) is 32.9 Å². The van der Waals surface area contributed by atoms with E-state index in [1.165, 1.54) is 18.9 Å². The summed E-state index contributed by atoms with van der Waals surface area (Å²) in [7, 11) is 1.42. The molecule has 0 saturated heterocycles. The fourth-order valence-electron chi connectivity index (χ4n) is 7.70. The summed E-state index contributed by atoms with van der Waals surface area (Å²) >= 11 is 0. The van der Waals surface area contributed by atoms with Crippen molar-refractivity contribution in [3.05, 3.63) is 94.7 Å². The molecule has 68 heavy (non-hydrogen) atoms. The molecule has 0 spiro atoms. The van der Waals surface area contributed by atoms with Gasteiger partial charge in [-0.2, -0.15) is 5.26 Å². The molecule has 362 valence electrons. The highest BCUT2D eigenvalue weighted by Crippen LogP contribution is 2.40. The molecule has 4 atom stereocenters. The van der Waals surface area contributed by atoms with Gasteiger partial charge in [0.25, 0.3) is 5.91 Å². The third-order valence-electron chi connectivity index (χ3n) is 11.1. The number of amides is 5. The van der Waals surface area contributed by atoms with E-state index >= 15 is 0 Å². The topological polar surface area (TPSA) is 279 Å². The van der Waals surface area contributed by atoms with Gasteiger partial charge in [0.05, 0.1) is 29.6 Å². The number of fused-ring (bicyclic) bond motifs is 5. The minimum Gasteiger partial charge on any atom is -0.493 e. The monoisotopic (exact) mass is 932 g/mol. The van der Waals surface area contributed by atoms with Crippen LogP contribution in [0.4, 0.5) is 0 Å². The minimum atomic E-state index is -1.40.